The van der Waals surface area contributed by atoms with Crippen molar-refractivity contribution < 1.29 is 4.39 Å². The first-order chi connectivity index (χ1) is 8.61. The quantitative estimate of drug-likeness (QED) is 0.889. The largest absolute Gasteiger partial charge is 0.330 e. The van der Waals surface area contributed by atoms with Crippen LogP contribution in [0.5, 0.6) is 0 Å². The molecule has 18 heavy (non-hydrogen) atoms. The van der Waals surface area contributed by atoms with Crippen molar-refractivity contribution in [3.05, 3.63) is 35.6 Å². The van der Waals surface area contributed by atoms with Crippen LogP contribution in [-0.2, 0) is 6.42 Å². The van der Waals surface area contributed by atoms with E-state index in [1.165, 1.54) is 6.07 Å². The van der Waals surface area contributed by atoms with Gasteiger partial charge < -0.3 is 5.73 Å². The third-order valence-electron chi connectivity index (χ3n) is 4.08. The normalized spacial score (nSPS) is 26.4. The Morgan fingerprint density at radius 1 is 1.44 bits per heavy atom. The highest BCUT2D eigenvalue weighted by atomic mass is 19.1. The molecule has 3 unspecified atom stereocenters. The smallest absolute Gasteiger partial charge is 0.126 e. The van der Waals surface area contributed by atoms with Crippen LogP contribution < -0.4 is 5.73 Å². The summed E-state index contributed by atoms with van der Waals surface area (Å²) in [5.41, 5.74) is 6.56. The summed E-state index contributed by atoms with van der Waals surface area (Å²) >= 11 is 0. The van der Waals surface area contributed by atoms with E-state index in [9.17, 15) is 4.39 Å². The molecule has 0 amide bonds. The van der Waals surface area contributed by atoms with E-state index >= 15 is 0 Å². The lowest BCUT2D eigenvalue weighted by atomic mass is 10.0. The van der Waals surface area contributed by atoms with Crippen molar-refractivity contribution >= 4 is 0 Å². The number of benzene rings is 1. The summed E-state index contributed by atoms with van der Waals surface area (Å²) in [7, 11) is 0. The van der Waals surface area contributed by atoms with Crippen molar-refractivity contribution in [2.45, 2.75) is 38.8 Å². The molecule has 3 atom stereocenters. The molecule has 1 saturated heterocycles. The molecule has 0 aliphatic carbocycles. The first kappa shape index (κ1) is 13.5. The zero-order valence-electron chi connectivity index (χ0n) is 11.3. The Morgan fingerprint density at radius 2 is 2.17 bits per heavy atom. The van der Waals surface area contributed by atoms with E-state index < -0.39 is 0 Å². The molecule has 1 aliphatic heterocycles. The molecular formula is C15H23FN2. The lowest BCUT2D eigenvalue weighted by molar-refractivity contribution is 0.197. The number of hydrogen-bond acceptors (Lipinski definition) is 2. The second-order valence-electron chi connectivity index (χ2n) is 5.53. The van der Waals surface area contributed by atoms with Crippen molar-refractivity contribution in [2.24, 2.45) is 11.7 Å². The van der Waals surface area contributed by atoms with Crippen molar-refractivity contribution in [3.63, 3.8) is 0 Å². The van der Waals surface area contributed by atoms with E-state index in [-0.39, 0.29) is 5.82 Å². The molecule has 0 bridgehead atoms. The Balaban J connectivity index is 2.00. The third-order valence-corrected chi connectivity index (χ3v) is 4.08. The van der Waals surface area contributed by atoms with Gasteiger partial charge in [0.15, 0.2) is 0 Å². The molecule has 1 heterocycles. The number of halogens is 1. The van der Waals surface area contributed by atoms with Crippen molar-refractivity contribution in [3.8, 4) is 0 Å². The summed E-state index contributed by atoms with van der Waals surface area (Å²) in [6.07, 6.45) is 1.94. The van der Waals surface area contributed by atoms with Crippen LogP contribution in [0, 0.1) is 11.7 Å². The topological polar surface area (TPSA) is 29.3 Å². The molecule has 100 valence electrons. The zero-order chi connectivity index (χ0) is 13.1. The summed E-state index contributed by atoms with van der Waals surface area (Å²) in [4.78, 5) is 2.46. The van der Waals surface area contributed by atoms with Gasteiger partial charge >= 0.3 is 0 Å². The fourth-order valence-corrected chi connectivity index (χ4v) is 3.06. The summed E-state index contributed by atoms with van der Waals surface area (Å²) in [5, 5.41) is 0. The molecule has 0 aromatic heterocycles. The van der Waals surface area contributed by atoms with Gasteiger partial charge in [-0.25, -0.2) is 4.39 Å². The van der Waals surface area contributed by atoms with Crippen LogP contribution in [0.1, 0.15) is 25.8 Å². The van der Waals surface area contributed by atoms with E-state index in [1.54, 1.807) is 6.07 Å². The maximum Gasteiger partial charge on any atom is 0.126 e. The Kier molecular flexibility index (Phi) is 4.36. The van der Waals surface area contributed by atoms with E-state index in [2.05, 4.69) is 18.7 Å². The predicted octanol–water partition coefficient (Wildman–Crippen LogP) is 2.43. The zero-order valence-corrected chi connectivity index (χ0v) is 11.3. The van der Waals surface area contributed by atoms with Crippen LogP contribution in [0.2, 0.25) is 0 Å². The van der Waals surface area contributed by atoms with Crippen molar-refractivity contribution in [2.75, 3.05) is 13.1 Å². The highest BCUT2D eigenvalue weighted by Crippen LogP contribution is 2.26. The average molecular weight is 250 g/mol. The number of nitrogens with zero attached hydrogens (tertiary/aromatic N) is 1. The van der Waals surface area contributed by atoms with Crippen LogP contribution in [0.3, 0.4) is 0 Å². The molecule has 2 rings (SSSR count). The maximum absolute atomic E-state index is 13.6. The Bertz CT molecular complexity index is 394. The minimum atomic E-state index is -0.0911. The molecule has 1 aromatic rings. The number of rotatable bonds is 4. The molecule has 1 fully saturated rings. The highest BCUT2D eigenvalue weighted by molar-refractivity contribution is 5.18. The molecule has 0 spiro atoms. The van der Waals surface area contributed by atoms with Gasteiger partial charge in [0.2, 0.25) is 0 Å². The molecule has 1 aromatic carbocycles. The van der Waals surface area contributed by atoms with E-state index in [0.29, 0.717) is 18.0 Å². The Labute approximate surface area is 109 Å². The van der Waals surface area contributed by atoms with Gasteiger partial charge in [0.1, 0.15) is 5.82 Å². The first-order valence-corrected chi connectivity index (χ1v) is 6.81. The third kappa shape index (κ3) is 2.90. The summed E-state index contributed by atoms with van der Waals surface area (Å²) < 4.78 is 13.6. The van der Waals surface area contributed by atoms with Crippen LogP contribution in [0.15, 0.2) is 24.3 Å². The molecule has 2 nitrogen and oxygen atoms in total. The van der Waals surface area contributed by atoms with Crippen LogP contribution >= 0.6 is 0 Å². The second-order valence-corrected chi connectivity index (χ2v) is 5.53. The maximum atomic E-state index is 13.6. The van der Waals surface area contributed by atoms with E-state index in [1.807, 2.05) is 12.1 Å². The van der Waals surface area contributed by atoms with Crippen LogP contribution in [0.25, 0.3) is 0 Å². The first-order valence-electron chi connectivity index (χ1n) is 6.81. The summed E-state index contributed by atoms with van der Waals surface area (Å²) in [5.74, 6) is 0.509. The van der Waals surface area contributed by atoms with Crippen molar-refractivity contribution in [1.29, 1.82) is 0 Å². The lowest BCUT2D eigenvalue weighted by Gasteiger charge is -2.28. The van der Waals surface area contributed by atoms with Gasteiger partial charge in [0, 0.05) is 18.6 Å². The predicted molar refractivity (Wildman–Crippen MR) is 72.9 cm³/mol. The summed E-state index contributed by atoms with van der Waals surface area (Å²) in [6, 6.07) is 7.99. The fourth-order valence-electron chi connectivity index (χ4n) is 3.06. The van der Waals surface area contributed by atoms with Crippen LogP contribution in [-0.4, -0.2) is 30.1 Å². The SMILES string of the molecule is CC(Cc1ccccc1F)N1CC(CN)CC1C. The Morgan fingerprint density at radius 3 is 2.78 bits per heavy atom. The second kappa shape index (κ2) is 5.81. The molecular weight excluding hydrogens is 227 g/mol. The van der Waals surface area contributed by atoms with Crippen molar-refractivity contribution in [1.82, 2.24) is 4.90 Å². The van der Waals surface area contributed by atoms with E-state index in [0.717, 1.165) is 31.5 Å². The van der Waals surface area contributed by atoms with Gasteiger partial charge in [-0.2, -0.15) is 0 Å². The molecule has 2 N–H and O–H groups in total. The minimum absolute atomic E-state index is 0.0911. The van der Waals surface area contributed by atoms with E-state index in [4.69, 9.17) is 5.73 Å². The van der Waals surface area contributed by atoms with Gasteiger partial charge in [0.05, 0.1) is 0 Å². The lowest BCUT2D eigenvalue weighted by Crippen LogP contribution is -2.37. The Hall–Kier alpha value is -0.930. The molecule has 0 saturated carbocycles. The minimum Gasteiger partial charge on any atom is -0.330 e. The highest BCUT2D eigenvalue weighted by Gasteiger charge is 2.31. The van der Waals surface area contributed by atoms with Gasteiger partial charge in [0.25, 0.3) is 0 Å². The number of nitrogens with two attached hydrogens (primary N) is 1. The molecule has 1 aliphatic rings. The van der Waals surface area contributed by atoms with Gasteiger partial charge in [-0.3, -0.25) is 4.90 Å². The van der Waals surface area contributed by atoms with Crippen LogP contribution in [0.4, 0.5) is 4.39 Å². The van der Waals surface area contributed by atoms with Gasteiger partial charge in [-0.05, 0) is 50.8 Å². The standard InChI is InChI=1S/C15H23FN2/c1-11-7-13(9-17)10-18(11)12(2)8-14-5-3-4-6-15(14)16/h3-6,11-13H,7-10,17H2,1-2H3. The average Bonchev–Trinajstić information content (AvgIpc) is 2.73. The number of likely N-dealkylation sites (tertiary alicyclic amines) is 1. The number of hydrogen-bond donors (Lipinski definition) is 1. The fraction of sp³-hybridized carbons (Fsp3) is 0.600. The van der Waals surface area contributed by atoms with Gasteiger partial charge in [-0.15, -0.1) is 0 Å². The van der Waals surface area contributed by atoms with Gasteiger partial charge in [-0.1, -0.05) is 18.2 Å². The monoisotopic (exact) mass is 250 g/mol. The molecule has 0 radical (unpaired) electrons. The summed E-state index contributed by atoms with van der Waals surface area (Å²) in [6.45, 7) is 6.23. The molecule has 3 heteroatoms.